The number of halogens is 1. The molecule has 16 heavy (non-hydrogen) atoms. The highest BCUT2D eigenvalue weighted by Gasteiger charge is 2.12. The van der Waals surface area contributed by atoms with Gasteiger partial charge >= 0.3 is 0 Å². The van der Waals surface area contributed by atoms with E-state index in [2.05, 4.69) is 5.32 Å². The fourth-order valence-corrected chi connectivity index (χ4v) is 1.90. The van der Waals surface area contributed by atoms with Gasteiger partial charge in [0.2, 0.25) is 0 Å². The van der Waals surface area contributed by atoms with E-state index >= 15 is 0 Å². The van der Waals surface area contributed by atoms with Gasteiger partial charge in [0.05, 0.1) is 6.61 Å². The van der Waals surface area contributed by atoms with Gasteiger partial charge in [-0.1, -0.05) is 0 Å². The first-order valence-corrected chi connectivity index (χ1v) is 5.53. The van der Waals surface area contributed by atoms with E-state index in [4.69, 9.17) is 4.74 Å². The predicted molar refractivity (Wildman–Crippen MR) is 58.7 cm³/mol. The lowest BCUT2D eigenvalue weighted by atomic mass is 10.1. The van der Waals surface area contributed by atoms with Crippen molar-refractivity contribution in [2.24, 2.45) is 0 Å². The van der Waals surface area contributed by atoms with Crippen LogP contribution in [0.5, 0.6) is 5.75 Å². The van der Waals surface area contributed by atoms with Crippen LogP contribution in [0.15, 0.2) is 18.2 Å². The summed E-state index contributed by atoms with van der Waals surface area (Å²) in [5, 5.41) is 12.5. The van der Waals surface area contributed by atoms with E-state index < -0.39 is 5.82 Å². The molecule has 0 aliphatic carbocycles. The number of aromatic hydroxyl groups is 1. The van der Waals surface area contributed by atoms with Gasteiger partial charge in [-0.25, -0.2) is 4.39 Å². The van der Waals surface area contributed by atoms with Gasteiger partial charge in [-0.05, 0) is 30.5 Å². The largest absolute Gasteiger partial charge is 0.508 e. The van der Waals surface area contributed by atoms with Gasteiger partial charge < -0.3 is 15.2 Å². The molecule has 88 valence electrons. The van der Waals surface area contributed by atoms with Gasteiger partial charge in [0.15, 0.2) is 0 Å². The molecule has 1 saturated heterocycles. The minimum absolute atomic E-state index is 0.0308. The molecule has 2 N–H and O–H groups in total. The molecule has 1 unspecified atom stereocenters. The highest BCUT2D eigenvalue weighted by Crippen LogP contribution is 2.15. The Balaban J connectivity index is 1.88. The lowest BCUT2D eigenvalue weighted by Gasteiger charge is -2.23. The average molecular weight is 225 g/mol. The smallest absolute Gasteiger partial charge is 0.127 e. The van der Waals surface area contributed by atoms with Crippen LogP contribution in [0, 0.1) is 5.82 Å². The van der Waals surface area contributed by atoms with Gasteiger partial charge in [0.1, 0.15) is 11.6 Å². The topological polar surface area (TPSA) is 41.5 Å². The highest BCUT2D eigenvalue weighted by molar-refractivity contribution is 5.28. The Labute approximate surface area is 94.2 Å². The second kappa shape index (κ2) is 5.27. The van der Waals surface area contributed by atoms with Gasteiger partial charge in [0, 0.05) is 25.3 Å². The molecule has 4 heteroatoms. The summed E-state index contributed by atoms with van der Waals surface area (Å²) in [5.74, 6) is -0.437. The number of hydrogen-bond acceptors (Lipinski definition) is 3. The maximum Gasteiger partial charge on any atom is 0.127 e. The summed E-state index contributed by atoms with van der Waals surface area (Å²) < 4.78 is 18.3. The van der Waals surface area contributed by atoms with Crippen LogP contribution in [-0.2, 0) is 11.3 Å². The number of phenolic OH excluding ortho intramolecular Hbond substituents is 1. The molecule has 1 heterocycles. The normalized spacial score (nSPS) is 20.9. The molecule has 3 nitrogen and oxygen atoms in total. The SMILES string of the molecule is Oc1cc(F)cc(CNC2CCCOC2)c1. The summed E-state index contributed by atoms with van der Waals surface area (Å²) in [7, 11) is 0. The number of ether oxygens (including phenoxy) is 1. The average Bonchev–Trinajstić information content (AvgIpc) is 2.27. The van der Waals surface area contributed by atoms with Crippen molar-refractivity contribution in [3.8, 4) is 5.75 Å². The summed E-state index contributed by atoms with van der Waals surface area (Å²) in [4.78, 5) is 0. The molecule has 1 aliphatic rings. The summed E-state index contributed by atoms with van der Waals surface area (Å²) in [6.07, 6.45) is 2.15. The Morgan fingerprint density at radius 1 is 1.44 bits per heavy atom. The second-order valence-corrected chi connectivity index (χ2v) is 4.11. The van der Waals surface area contributed by atoms with E-state index in [0.29, 0.717) is 19.2 Å². The first-order valence-electron chi connectivity index (χ1n) is 5.53. The zero-order valence-corrected chi connectivity index (χ0v) is 9.08. The summed E-state index contributed by atoms with van der Waals surface area (Å²) in [6.45, 7) is 2.10. The highest BCUT2D eigenvalue weighted by atomic mass is 19.1. The van der Waals surface area contributed by atoms with Crippen LogP contribution in [0.4, 0.5) is 4.39 Å². The predicted octanol–water partition coefficient (Wildman–Crippen LogP) is 1.80. The van der Waals surface area contributed by atoms with E-state index in [9.17, 15) is 9.50 Å². The lowest BCUT2D eigenvalue weighted by Crippen LogP contribution is -2.36. The third kappa shape index (κ3) is 3.18. The minimum Gasteiger partial charge on any atom is -0.508 e. The zero-order chi connectivity index (χ0) is 11.4. The van der Waals surface area contributed by atoms with Crippen LogP contribution in [0.1, 0.15) is 18.4 Å². The third-order valence-electron chi connectivity index (χ3n) is 2.70. The van der Waals surface area contributed by atoms with E-state index in [1.54, 1.807) is 6.07 Å². The van der Waals surface area contributed by atoms with E-state index in [0.717, 1.165) is 31.1 Å². The Kier molecular flexibility index (Phi) is 3.74. The fourth-order valence-electron chi connectivity index (χ4n) is 1.90. The van der Waals surface area contributed by atoms with Crippen molar-refractivity contribution in [2.45, 2.75) is 25.4 Å². The molecule has 0 amide bonds. The molecule has 1 atom stereocenters. The first kappa shape index (κ1) is 11.4. The molecule has 1 aromatic rings. The molecule has 1 aromatic carbocycles. The van der Waals surface area contributed by atoms with Crippen molar-refractivity contribution in [3.63, 3.8) is 0 Å². The maximum atomic E-state index is 13.0. The molecule has 1 aliphatic heterocycles. The van der Waals surface area contributed by atoms with Crippen LogP contribution in [0.25, 0.3) is 0 Å². The fraction of sp³-hybridized carbons (Fsp3) is 0.500. The van der Waals surface area contributed by atoms with E-state index in [1.807, 2.05) is 0 Å². The zero-order valence-electron chi connectivity index (χ0n) is 9.08. The summed E-state index contributed by atoms with van der Waals surface area (Å²) >= 11 is 0. The van der Waals surface area contributed by atoms with Crippen molar-refractivity contribution >= 4 is 0 Å². The van der Waals surface area contributed by atoms with Crippen LogP contribution in [0.2, 0.25) is 0 Å². The van der Waals surface area contributed by atoms with Crippen molar-refractivity contribution in [3.05, 3.63) is 29.6 Å². The van der Waals surface area contributed by atoms with Gasteiger partial charge in [-0.15, -0.1) is 0 Å². The number of nitrogens with one attached hydrogen (secondary N) is 1. The van der Waals surface area contributed by atoms with Crippen molar-refractivity contribution in [1.82, 2.24) is 5.32 Å². The summed E-state index contributed by atoms with van der Waals surface area (Å²) in [6, 6.07) is 4.43. The molecule has 0 saturated carbocycles. The van der Waals surface area contributed by atoms with Gasteiger partial charge in [-0.2, -0.15) is 0 Å². The summed E-state index contributed by atoms with van der Waals surface area (Å²) in [5.41, 5.74) is 0.753. The standard InChI is InChI=1S/C12H16FNO2/c13-10-4-9(5-12(15)6-10)7-14-11-2-1-3-16-8-11/h4-6,11,14-15H,1-3,7-8H2. The maximum absolute atomic E-state index is 13.0. The van der Waals surface area contributed by atoms with E-state index in [-0.39, 0.29) is 5.75 Å². The van der Waals surface area contributed by atoms with Gasteiger partial charge in [-0.3, -0.25) is 0 Å². The van der Waals surface area contributed by atoms with Crippen molar-refractivity contribution in [2.75, 3.05) is 13.2 Å². The van der Waals surface area contributed by atoms with E-state index in [1.165, 1.54) is 6.07 Å². The lowest BCUT2D eigenvalue weighted by molar-refractivity contribution is 0.0699. The van der Waals surface area contributed by atoms with Crippen molar-refractivity contribution < 1.29 is 14.2 Å². The number of hydrogen-bond donors (Lipinski definition) is 2. The number of phenols is 1. The Bertz CT molecular complexity index is 331. The molecule has 0 aromatic heterocycles. The quantitative estimate of drug-likeness (QED) is 0.824. The van der Waals surface area contributed by atoms with Crippen molar-refractivity contribution in [1.29, 1.82) is 0 Å². The number of benzene rings is 1. The van der Waals surface area contributed by atoms with Gasteiger partial charge in [0.25, 0.3) is 0 Å². The first-order chi connectivity index (χ1) is 7.74. The molecule has 1 fully saturated rings. The monoisotopic (exact) mass is 225 g/mol. The molecule has 0 bridgehead atoms. The molecule has 2 rings (SSSR count). The minimum atomic E-state index is -0.406. The Morgan fingerprint density at radius 2 is 2.31 bits per heavy atom. The van der Waals surface area contributed by atoms with Crippen LogP contribution >= 0.6 is 0 Å². The molecular weight excluding hydrogens is 209 g/mol. The molecule has 0 spiro atoms. The third-order valence-corrected chi connectivity index (χ3v) is 2.70. The van der Waals surface area contributed by atoms with Crippen LogP contribution in [0.3, 0.4) is 0 Å². The number of rotatable bonds is 3. The Morgan fingerprint density at radius 3 is 3.00 bits per heavy atom. The Hall–Kier alpha value is -1.13. The molecule has 0 radical (unpaired) electrons. The second-order valence-electron chi connectivity index (χ2n) is 4.11. The van der Waals surface area contributed by atoms with Crippen LogP contribution < -0.4 is 5.32 Å². The molecular formula is C12H16FNO2. The van der Waals surface area contributed by atoms with Crippen LogP contribution in [-0.4, -0.2) is 24.4 Å².